The predicted octanol–water partition coefficient (Wildman–Crippen LogP) is 6.87. The van der Waals surface area contributed by atoms with Crippen molar-refractivity contribution in [2.24, 2.45) is 0 Å². The summed E-state index contributed by atoms with van der Waals surface area (Å²) >= 11 is 6.09. The van der Waals surface area contributed by atoms with Gasteiger partial charge in [-0.15, -0.1) is 0 Å². The molecule has 1 N–H and O–H groups in total. The highest BCUT2D eigenvalue weighted by Crippen LogP contribution is 2.37. The van der Waals surface area contributed by atoms with Crippen molar-refractivity contribution in [3.05, 3.63) is 87.7 Å². The number of alkyl halides is 3. The maximum absolute atomic E-state index is 15.3. The minimum atomic E-state index is -4.92. The van der Waals surface area contributed by atoms with Gasteiger partial charge in [-0.2, -0.15) is 23.0 Å². The second-order valence-corrected chi connectivity index (χ2v) is 10.7. The molecule has 44 heavy (non-hydrogen) atoms. The van der Waals surface area contributed by atoms with Crippen molar-refractivity contribution in [1.82, 2.24) is 15.1 Å². The van der Waals surface area contributed by atoms with Crippen LogP contribution in [0, 0.1) is 17.7 Å². The van der Waals surface area contributed by atoms with E-state index in [9.17, 15) is 27.6 Å². The van der Waals surface area contributed by atoms with E-state index in [1.54, 1.807) is 20.8 Å². The fraction of sp³-hybridized carbons (Fsp3) is 0.226. The highest BCUT2D eigenvalue weighted by molar-refractivity contribution is 6.34. The van der Waals surface area contributed by atoms with Crippen LogP contribution in [-0.4, -0.2) is 47.0 Å². The van der Waals surface area contributed by atoms with Gasteiger partial charge in [0.1, 0.15) is 17.1 Å². The normalized spacial score (nSPS) is 11.5. The molecule has 0 aliphatic carbocycles. The lowest BCUT2D eigenvalue weighted by Crippen LogP contribution is -2.32. The zero-order chi connectivity index (χ0) is 32.4. The van der Waals surface area contributed by atoms with Crippen LogP contribution in [0.5, 0.6) is 0 Å². The van der Waals surface area contributed by atoms with Crippen LogP contribution < -0.4 is 5.32 Å². The number of hydrogen-bond acceptors (Lipinski definition) is 6. The minimum Gasteiger partial charge on any atom is -0.465 e. The third kappa shape index (κ3) is 7.01. The van der Waals surface area contributed by atoms with E-state index < -0.39 is 51.7 Å². The summed E-state index contributed by atoms with van der Waals surface area (Å²) < 4.78 is 67.3. The summed E-state index contributed by atoms with van der Waals surface area (Å²) in [5.74, 6) is 2.61. The SMILES string of the molecule is COC(=O)c1ccc(-c2nn(C(=O)c3c(Cl)cccc3C(F)(F)F)c3cc(C#CCNC(=O)OC(C)(C)C)ccc23)c(F)c1. The first-order valence-electron chi connectivity index (χ1n) is 12.9. The van der Waals surface area contributed by atoms with Gasteiger partial charge in [0, 0.05) is 16.5 Å². The number of rotatable bonds is 4. The molecule has 0 aliphatic heterocycles. The van der Waals surface area contributed by atoms with E-state index in [4.69, 9.17) is 16.3 Å². The molecule has 4 rings (SSSR count). The van der Waals surface area contributed by atoms with Gasteiger partial charge in [0.05, 0.1) is 40.9 Å². The Hall–Kier alpha value is -4.89. The van der Waals surface area contributed by atoms with Crippen LogP contribution in [0.1, 0.15) is 52.6 Å². The van der Waals surface area contributed by atoms with Gasteiger partial charge in [0.15, 0.2) is 0 Å². The predicted molar refractivity (Wildman–Crippen MR) is 154 cm³/mol. The van der Waals surface area contributed by atoms with Crippen LogP contribution in [0.15, 0.2) is 54.6 Å². The molecule has 0 fully saturated rings. The van der Waals surface area contributed by atoms with Crippen LogP contribution in [0.4, 0.5) is 22.4 Å². The van der Waals surface area contributed by atoms with Crippen molar-refractivity contribution in [2.45, 2.75) is 32.5 Å². The number of hydrogen-bond donors (Lipinski definition) is 1. The van der Waals surface area contributed by atoms with E-state index in [0.717, 1.165) is 25.3 Å². The van der Waals surface area contributed by atoms with Crippen LogP contribution in [0.2, 0.25) is 5.02 Å². The smallest absolute Gasteiger partial charge is 0.417 e. The third-order valence-electron chi connectivity index (χ3n) is 6.00. The Morgan fingerprint density at radius 1 is 1.05 bits per heavy atom. The molecule has 1 amide bonds. The lowest BCUT2D eigenvalue weighted by molar-refractivity contribution is -0.137. The molecular weight excluding hydrogens is 606 g/mol. The van der Waals surface area contributed by atoms with Crippen molar-refractivity contribution < 1.29 is 41.4 Å². The zero-order valence-electron chi connectivity index (χ0n) is 23.7. The van der Waals surface area contributed by atoms with Crippen molar-refractivity contribution in [3.63, 3.8) is 0 Å². The van der Waals surface area contributed by atoms with Gasteiger partial charge in [0.25, 0.3) is 5.91 Å². The molecule has 0 saturated carbocycles. The molecule has 1 aromatic heterocycles. The van der Waals surface area contributed by atoms with E-state index in [0.29, 0.717) is 16.3 Å². The molecule has 0 unspecified atom stereocenters. The number of carbonyl (C=O) groups is 3. The molecule has 0 atom stereocenters. The quantitative estimate of drug-likeness (QED) is 0.150. The fourth-order valence-electron chi connectivity index (χ4n) is 4.16. The molecule has 0 aliphatic rings. The topological polar surface area (TPSA) is 99.5 Å². The number of amides is 1. The van der Waals surface area contributed by atoms with E-state index in [2.05, 4.69) is 27.0 Å². The van der Waals surface area contributed by atoms with Gasteiger partial charge in [0.2, 0.25) is 0 Å². The monoisotopic (exact) mass is 629 g/mol. The molecule has 1 heterocycles. The molecule has 8 nitrogen and oxygen atoms in total. The Morgan fingerprint density at radius 3 is 2.41 bits per heavy atom. The van der Waals surface area contributed by atoms with Crippen molar-refractivity contribution in [3.8, 4) is 23.1 Å². The number of alkyl carbamates (subject to hydrolysis) is 1. The summed E-state index contributed by atoms with van der Waals surface area (Å²) in [5, 5.41) is 6.41. The molecule has 0 radical (unpaired) electrons. The van der Waals surface area contributed by atoms with E-state index >= 15 is 4.39 Å². The van der Waals surface area contributed by atoms with E-state index in [-0.39, 0.29) is 34.3 Å². The lowest BCUT2D eigenvalue weighted by atomic mass is 10.0. The maximum Gasteiger partial charge on any atom is 0.417 e. The highest BCUT2D eigenvalue weighted by atomic mass is 35.5. The molecule has 228 valence electrons. The van der Waals surface area contributed by atoms with Crippen LogP contribution in [0.25, 0.3) is 22.2 Å². The average Bonchev–Trinajstić information content (AvgIpc) is 3.31. The number of benzene rings is 3. The largest absolute Gasteiger partial charge is 0.465 e. The second kappa shape index (κ2) is 12.4. The summed E-state index contributed by atoms with van der Waals surface area (Å²) in [6.45, 7) is 5.01. The van der Waals surface area contributed by atoms with Crippen molar-refractivity contribution in [1.29, 1.82) is 0 Å². The fourth-order valence-corrected chi connectivity index (χ4v) is 4.41. The van der Waals surface area contributed by atoms with Gasteiger partial charge < -0.3 is 14.8 Å². The van der Waals surface area contributed by atoms with Gasteiger partial charge in [-0.1, -0.05) is 29.5 Å². The number of esters is 1. The number of nitrogens with zero attached hydrogens (tertiary/aromatic N) is 2. The summed E-state index contributed by atoms with van der Waals surface area (Å²) in [4.78, 5) is 37.4. The van der Waals surface area contributed by atoms with E-state index in [1.807, 2.05) is 0 Å². The molecular formula is C31H24ClF4N3O5. The van der Waals surface area contributed by atoms with E-state index in [1.165, 1.54) is 30.3 Å². The van der Waals surface area contributed by atoms with Gasteiger partial charge in [-0.25, -0.2) is 14.0 Å². The Labute approximate surface area is 253 Å². The standard InChI is InChI=1S/C31H24ClF4N3O5/c1-30(2,3)44-29(42)37-14-6-7-17-10-12-20-24(15-17)39(27(40)25-21(31(34,35)36)8-5-9-22(25)32)38-26(20)19-13-11-18(16-23(19)33)28(41)43-4/h5,8-13,15-16H,14H2,1-4H3,(H,37,42). The summed E-state index contributed by atoms with van der Waals surface area (Å²) in [7, 11) is 1.13. The number of fused-ring (bicyclic) bond motifs is 1. The number of halogens is 5. The maximum atomic E-state index is 15.3. The van der Waals surface area contributed by atoms with Crippen molar-refractivity contribution in [2.75, 3.05) is 13.7 Å². The summed E-state index contributed by atoms with van der Waals surface area (Å²) in [6, 6.07) is 10.7. The lowest BCUT2D eigenvalue weighted by Gasteiger charge is -2.18. The number of ether oxygens (including phenoxy) is 2. The minimum absolute atomic E-state index is 0.00129. The molecule has 0 spiro atoms. The first-order chi connectivity index (χ1) is 20.6. The Balaban J connectivity index is 1.84. The van der Waals surface area contributed by atoms with Crippen LogP contribution in [-0.2, 0) is 15.7 Å². The van der Waals surface area contributed by atoms with Gasteiger partial charge in [-0.3, -0.25) is 4.79 Å². The van der Waals surface area contributed by atoms with Gasteiger partial charge >= 0.3 is 18.2 Å². The number of carbonyl (C=O) groups excluding carboxylic acids is 3. The van der Waals surface area contributed by atoms with Crippen molar-refractivity contribution >= 4 is 40.5 Å². The Kier molecular flexibility index (Phi) is 9.01. The molecule has 4 aromatic rings. The molecule has 3 aromatic carbocycles. The van der Waals surface area contributed by atoms with Gasteiger partial charge in [-0.05, 0) is 69.3 Å². The molecule has 0 bridgehead atoms. The number of methoxy groups -OCH3 is 1. The zero-order valence-corrected chi connectivity index (χ0v) is 24.5. The summed E-state index contributed by atoms with van der Waals surface area (Å²) in [6.07, 6.45) is -5.61. The van der Waals surface area contributed by atoms with Crippen LogP contribution in [0.3, 0.4) is 0 Å². The first kappa shape index (κ1) is 32.0. The third-order valence-corrected chi connectivity index (χ3v) is 6.32. The second-order valence-electron chi connectivity index (χ2n) is 10.3. The Morgan fingerprint density at radius 2 is 1.77 bits per heavy atom. The summed E-state index contributed by atoms with van der Waals surface area (Å²) in [5.41, 5.74) is -2.84. The molecule has 13 heteroatoms. The first-order valence-corrected chi connectivity index (χ1v) is 13.3. The highest BCUT2D eigenvalue weighted by Gasteiger charge is 2.37. The number of nitrogens with one attached hydrogen (secondary N) is 1. The Bertz CT molecular complexity index is 1850. The molecule has 0 saturated heterocycles. The van der Waals surface area contributed by atoms with Crippen LogP contribution >= 0.6 is 11.6 Å². The number of aromatic nitrogens is 2. The average molecular weight is 630 g/mol.